The van der Waals surface area contributed by atoms with E-state index < -0.39 is 0 Å². The molecule has 0 saturated heterocycles. The Morgan fingerprint density at radius 3 is 2.75 bits per heavy atom. The SMILES string of the molecule is CNCCSCCS. The normalized spacial score (nSPS) is 9.75. The summed E-state index contributed by atoms with van der Waals surface area (Å²) in [6.45, 7) is 1.11. The Balaban J connectivity index is 2.53. The molecule has 0 aromatic heterocycles. The van der Waals surface area contributed by atoms with E-state index in [2.05, 4.69) is 17.9 Å². The Morgan fingerprint density at radius 2 is 2.25 bits per heavy atom. The van der Waals surface area contributed by atoms with Gasteiger partial charge in [0.15, 0.2) is 0 Å². The number of hydrogen-bond donors (Lipinski definition) is 2. The Morgan fingerprint density at radius 1 is 1.50 bits per heavy atom. The van der Waals surface area contributed by atoms with Gasteiger partial charge in [0.1, 0.15) is 0 Å². The summed E-state index contributed by atoms with van der Waals surface area (Å²) in [4.78, 5) is 0. The average Bonchev–Trinajstić information content (AvgIpc) is 1.81. The third-order valence-electron chi connectivity index (χ3n) is 0.732. The molecule has 1 N–H and O–H groups in total. The first-order valence-electron chi connectivity index (χ1n) is 2.75. The van der Waals surface area contributed by atoms with Gasteiger partial charge in [-0.3, -0.25) is 0 Å². The lowest BCUT2D eigenvalue weighted by Gasteiger charge is -1.95. The molecule has 0 aliphatic carbocycles. The van der Waals surface area contributed by atoms with E-state index in [9.17, 15) is 0 Å². The molecule has 0 aliphatic heterocycles. The second-order valence-corrected chi connectivity index (χ2v) is 3.11. The van der Waals surface area contributed by atoms with Gasteiger partial charge in [0, 0.05) is 18.1 Å². The fraction of sp³-hybridized carbons (Fsp3) is 1.00. The van der Waals surface area contributed by atoms with Gasteiger partial charge >= 0.3 is 0 Å². The van der Waals surface area contributed by atoms with E-state index in [0.717, 1.165) is 12.3 Å². The Kier molecular flexibility index (Phi) is 8.29. The van der Waals surface area contributed by atoms with Crippen molar-refractivity contribution in [3.05, 3.63) is 0 Å². The van der Waals surface area contributed by atoms with Crippen LogP contribution >= 0.6 is 24.4 Å². The van der Waals surface area contributed by atoms with Crippen LogP contribution in [0.25, 0.3) is 0 Å². The van der Waals surface area contributed by atoms with Crippen LogP contribution in [0.1, 0.15) is 0 Å². The highest BCUT2D eigenvalue weighted by molar-refractivity contribution is 8.00. The maximum Gasteiger partial charge on any atom is 0.00582 e. The van der Waals surface area contributed by atoms with Crippen molar-refractivity contribution in [2.24, 2.45) is 0 Å². The molecule has 50 valence electrons. The van der Waals surface area contributed by atoms with Crippen LogP contribution in [0.2, 0.25) is 0 Å². The summed E-state index contributed by atoms with van der Waals surface area (Å²) >= 11 is 6.02. The predicted molar refractivity (Wildman–Crippen MR) is 45.1 cm³/mol. The lowest BCUT2D eigenvalue weighted by Crippen LogP contribution is -2.10. The van der Waals surface area contributed by atoms with Gasteiger partial charge in [0.05, 0.1) is 0 Å². The van der Waals surface area contributed by atoms with Gasteiger partial charge < -0.3 is 5.32 Å². The van der Waals surface area contributed by atoms with Crippen LogP contribution in [-0.2, 0) is 0 Å². The highest BCUT2D eigenvalue weighted by Gasteiger charge is 1.82. The van der Waals surface area contributed by atoms with Gasteiger partial charge in [-0.1, -0.05) is 0 Å². The van der Waals surface area contributed by atoms with E-state index >= 15 is 0 Å². The Hall–Kier alpha value is 0.660. The van der Waals surface area contributed by atoms with Gasteiger partial charge in [0.25, 0.3) is 0 Å². The summed E-state index contributed by atoms with van der Waals surface area (Å²) in [6.07, 6.45) is 0. The second kappa shape index (κ2) is 7.66. The number of thiol groups is 1. The first-order chi connectivity index (χ1) is 3.91. The Labute approximate surface area is 61.0 Å². The van der Waals surface area contributed by atoms with Crippen LogP contribution in [0.4, 0.5) is 0 Å². The van der Waals surface area contributed by atoms with Crippen molar-refractivity contribution in [3.8, 4) is 0 Å². The minimum Gasteiger partial charge on any atom is -0.319 e. The number of rotatable bonds is 5. The first-order valence-corrected chi connectivity index (χ1v) is 4.53. The lowest BCUT2D eigenvalue weighted by atomic mass is 10.8. The van der Waals surface area contributed by atoms with E-state index in [1.54, 1.807) is 0 Å². The smallest absolute Gasteiger partial charge is 0.00582 e. The fourth-order valence-corrected chi connectivity index (χ4v) is 1.41. The third kappa shape index (κ3) is 6.66. The standard InChI is InChI=1S/C5H13NS2/c1-6-2-4-8-5-3-7/h6-7H,2-5H2,1H3. The molecule has 0 unspecified atom stereocenters. The molecular formula is C5H13NS2. The molecule has 0 radical (unpaired) electrons. The van der Waals surface area contributed by atoms with E-state index in [1.807, 2.05) is 18.8 Å². The molecule has 0 aromatic carbocycles. The highest BCUT2D eigenvalue weighted by atomic mass is 32.2. The van der Waals surface area contributed by atoms with Gasteiger partial charge in [-0.15, -0.1) is 0 Å². The predicted octanol–water partition coefficient (Wildman–Crippen LogP) is 0.869. The van der Waals surface area contributed by atoms with Gasteiger partial charge in [-0.2, -0.15) is 24.4 Å². The summed E-state index contributed by atoms with van der Waals surface area (Å²) in [5.41, 5.74) is 0. The monoisotopic (exact) mass is 151 g/mol. The summed E-state index contributed by atoms with van der Waals surface area (Å²) in [5.74, 6) is 3.37. The van der Waals surface area contributed by atoms with Crippen molar-refractivity contribution < 1.29 is 0 Å². The second-order valence-electron chi connectivity index (χ2n) is 1.44. The van der Waals surface area contributed by atoms with E-state index in [0.29, 0.717) is 0 Å². The molecule has 0 aliphatic rings. The van der Waals surface area contributed by atoms with Crippen LogP contribution in [0.5, 0.6) is 0 Å². The minimum absolute atomic E-state index is 0.994. The molecule has 3 heteroatoms. The van der Waals surface area contributed by atoms with E-state index in [-0.39, 0.29) is 0 Å². The van der Waals surface area contributed by atoms with Crippen molar-refractivity contribution in [3.63, 3.8) is 0 Å². The number of nitrogens with one attached hydrogen (secondary N) is 1. The maximum absolute atomic E-state index is 4.08. The quantitative estimate of drug-likeness (QED) is 0.447. The molecule has 0 aromatic rings. The van der Waals surface area contributed by atoms with Gasteiger partial charge in [-0.25, -0.2) is 0 Å². The molecule has 0 atom stereocenters. The van der Waals surface area contributed by atoms with Gasteiger partial charge in [0.2, 0.25) is 0 Å². The van der Waals surface area contributed by atoms with Crippen molar-refractivity contribution in [1.82, 2.24) is 5.32 Å². The minimum atomic E-state index is 0.994. The van der Waals surface area contributed by atoms with Crippen LogP contribution < -0.4 is 5.32 Å². The molecule has 0 rings (SSSR count). The van der Waals surface area contributed by atoms with Crippen molar-refractivity contribution in [2.75, 3.05) is 30.9 Å². The summed E-state index contributed by atoms with van der Waals surface area (Å²) < 4.78 is 0. The largest absolute Gasteiger partial charge is 0.319 e. The van der Waals surface area contributed by atoms with Gasteiger partial charge in [-0.05, 0) is 12.8 Å². The molecule has 0 amide bonds. The molecule has 0 bridgehead atoms. The summed E-state index contributed by atoms with van der Waals surface area (Å²) in [6, 6.07) is 0. The first kappa shape index (κ1) is 8.66. The van der Waals surface area contributed by atoms with Crippen LogP contribution in [0.15, 0.2) is 0 Å². The zero-order chi connectivity index (χ0) is 6.24. The maximum atomic E-state index is 4.08. The van der Waals surface area contributed by atoms with E-state index in [4.69, 9.17) is 0 Å². The summed E-state index contributed by atoms with van der Waals surface area (Å²) in [5, 5.41) is 3.08. The average molecular weight is 151 g/mol. The van der Waals surface area contributed by atoms with E-state index in [1.165, 1.54) is 11.5 Å². The molecule has 0 spiro atoms. The third-order valence-corrected chi connectivity index (χ3v) is 2.24. The molecule has 8 heavy (non-hydrogen) atoms. The van der Waals surface area contributed by atoms with Crippen molar-refractivity contribution in [1.29, 1.82) is 0 Å². The fourth-order valence-electron chi connectivity index (χ4n) is 0.341. The highest BCUT2D eigenvalue weighted by Crippen LogP contribution is 1.97. The molecule has 0 saturated carbocycles. The zero-order valence-electron chi connectivity index (χ0n) is 5.18. The topological polar surface area (TPSA) is 12.0 Å². The number of hydrogen-bond acceptors (Lipinski definition) is 3. The molecule has 1 nitrogen and oxygen atoms in total. The lowest BCUT2D eigenvalue weighted by molar-refractivity contribution is 0.872. The zero-order valence-corrected chi connectivity index (χ0v) is 6.89. The van der Waals surface area contributed by atoms with Crippen LogP contribution in [-0.4, -0.2) is 30.9 Å². The number of thioether (sulfide) groups is 1. The summed E-state index contributed by atoms with van der Waals surface area (Å²) in [7, 11) is 1.97. The molecular weight excluding hydrogens is 138 g/mol. The van der Waals surface area contributed by atoms with Crippen molar-refractivity contribution in [2.45, 2.75) is 0 Å². The molecule has 0 fully saturated rings. The molecule has 0 heterocycles. The Bertz CT molecular complexity index is 35.4. The van der Waals surface area contributed by atoms with Crippen LogP contribution in [0.3, 0.4) is 0 Å². The van der Waals surface area contributed by atoms with Crippen molar-refractivity contribution >= 4 is 24.4 Å². The van der Waals surface area contributed by atoms with Crippen LogP contribution in [0, 0.1) is 0 Å².